The number of aromatic nitrogens is 2. The van der Waals surface area contributed by atoms with E-state index >= 15 is 0 Å². The zero-order chi connectivity index (χ0) is 13.2. The summed E-state index contributed by atoms with van der Waals surface area (Å²) in [5, 5.41) is 4.42. The minimum Gasteiger partial charge on any atom is -0.339 e. The van der Waals surface area contributed by atoms with Crippen LogP contribution in [-0.4, -0.2) is 9.97 Å². The lowest BCUT2D eigenvalue weighted by molar-refractivity contribution is 1.21. The Kier molecular flexibility index (Phi) is 2.88. The van der Waals surface area contributed by atoms with Gasteiger partial charge in [-0.25, -0.2) is 9.97 Å². The van der Waals surface area contributed by atoms with E-state index in [4.69, 9.17) is 0 Å². The summed E-state index contributed by atoms with van der Waals surface area (Å²) in [7, 11) is 0. The number of fused-ring (bicyclic) bond motifs is 1. The van der Waals surface area contributed by atoms with Crippen molar-refractivity contribution in [1.82, 2.24) is 9.97 Å². The van der Waals surface area contributed by atoms with Crippen LogP contribution in [0.3, 0.4) is 0 Å². The van der Waals surface area contributed by atoms with Gasteiger partial charge in [0.1, 0.15) is 12.1 Å². The fourth-order valence-electron chi connectivity index (χ4n) is 2.19. The number of hydrogen-bond donors (Lipinski definition) is 1. The van der Waals surface area contributed by atoms with Crippen molar-refractivity contribution in [3.63, 3.8) is 0 Å². The maximum absolute atomic E-state index is 4.34. The van der Waals surface area contributed by atoms with Gasteiger partial charge >= 0.3 is 0 Å². The average molecular weight is 249 g/mol. The van der Waals surface area contributed by atoms with E-state index in [0.717, 1.165) is 22.4 Å². The molecule has 0 bridgehead atoms. The van der Waals surface area contributed by atoms with Crippen LogP contribution in [0.2, 0.25) is 0 Å². The fraction of sp³-hybridized carbons (Fsp3) is 0.125. The van der Waals surface area contributed by atoms with E-state index in [2.05, 4.69) is 47.3 Å². The molecule has 3 nitrogen and oxygen atoms in total. The van der Waals surface area contributed by atoms with Crippen LogP contribution in [0.4, 0.5) is 11.5 Å². The van der Waals surface area contributed by atoms with Crippen molar-refractivity contribution in [2.45, 2.75) is 13.8 Å². The first-order valence-electron chi connectivity index (χ1n) is 6.28. The lowest BCUT2D eigenvalue weighted by Gasteiger charge is -2.11. The summed E-state index contributed by atoms with van der Waals surface area (Å²) in [6.45, 7) is 4.19. The van der Waals surface area contributed by atoms with Crippen molar-refractivity contribution in [3.05, 3.63) is 59.9 Å². The van der Waals surface area contributed by atoms with Crippen LogP contribution < -0.4 is 5.32 Å². The SMILES string of the molecule is Cc1ccc(Nc2ncnc3ccccc23)c(C)c1. The molecule has 0 saturated carbocycles. The molecule has 1 N–H and O–H groups in total. The highest BCUT2D eigenvalue weighted by molar-refractivity contribution is 5.90. The molecule has 0 aliphatic rings. The second-order valence-electron chi connectivity index (χ2n) is 4.68. The lowest BCUT2D eigenvalue weighted by Crippen LogP contribution is -1.97. The Bertz CT molecular complexity index is 730. The predicted octanol–water partition coefficient (Wildman–Crippen LogP) is 3.99. The zero-order valence-electron chi connectivity index (χ0n) is 11.0. The molecular weight excluding hydrogens is 234 g/mol. The summed E-state index contributed by atoms with van der Waals surface area (Å²) in [6, 6.07) is 14.3. The topological polar surface area (TPSA) is 37.8 Å². The molecule has 0 radical (unpaired) electrons. The van der Waals surface area contributed by atoms with Crippen LogP contribution in [0.15, 0.2) is 48.8 Å². The maximum atomic E-state index is 4.34. The van der Waals surface area contributed by atoms with Gasteiger partial charge < -0.3 is 5.32 Å². The smallest absolute Gasteiger partial charge is 0.141 e. The minimum absolute atomic E-state index is 0.845. The lowest BCUT2D eigenvalue weighted by atomic mass is 10.1. The number of benzene rings is 2. The molecule has 0 aliphatic carbocycles. The van der Waals surface area contributed by atoms with Gasteiger partial charge in [-0.1, -0.05) is 29.8 Å². The standard InChI is InChI=1S/C16H15N3/c1-11-7-8-14(12(2)9-11)19-16-13-5-3-4-6-15(13)17-10-18-16/h3-10H,1-2H3,(H,17,18,19). The summed E-state index contributed by atoms with van der Waals surface area (Å²) in [5.41, 5.74) is 4.50. The molecule has 2 aromatic carbocycles. The first-order valence-corrected chi connectivity index (χ1v) is 6.28. The minimum atomic E-state index is 0.845. The van der Waals surface area contributed by atoms with Gasteiger partial charge in [-0.3, -0.25) is 0 Å². The van der Waals surface area contributed by atoms with Crippen molar-refractivity contribution in [3.8, 4) is 0 Å². The van der Waals surface area contributed by atoms with E-state index in [1.54, 1.807) is 6.33 Å². The van der Waals surface area contributed by atoms with Crippen LogP contribution in [0.5, 0.6) is 0 Å². The molecule has 0 amide bonds. The number of nitrogens with one attached hydrogen (secondary N) is 1. The molecule has 3 rings (SSSR count). The van der Waals surface area contributed by atoms with E-state index in [0.29, 0.717) is 0 Å². The van der Waals surface area contributed by atoms with E-state index in [9.17, 15) is 0 Å². The molecule has 1 heterocycles. The molecule has 0 fully saturated rings. The fourth-order valence-corrected chi connectivity index (χ4v) is 2.19. The van der Waals surface area contributed by atoms with Crippen LogP contribution in [0.25, 0.3) is 10.9 Å². The number of aryl methyl sites for hydroxylation is 2. The second-order valence-corrected chi connectivity index (χ2v) is 4.68. The van der Waals surface area contributed by atoms with Gasteiger partial charge in [0.05, 0.1) is 5.52 Å². The second kappa shape index (κ2) is 4.69. The van der Waals surface area contributed by atoms with Crippen molar-refractivity contribution < 1.29 is 0 Å². The van der Waals surface area contributed by atoms with Crippen molar-refractivity contribution in [2.24, 2.45) is 0 Å². The van der Waals surface area contributed by atoms with Crippen LogP contribution in [0.1, 0.15) is 11.1 Å². The van der Waals surface area contributed by atoms with Crippen LogP contribution >= 0.6 is 0 Å². The van der Waals surface area contributed by atoms with E-state index < -0.39 is 0 Å². The summed E-state index contributed by atoms with van der Waals surface area (Å²) >= 11 is 0. The summed E-state index contributed by atoms with van der Waals surface area (Å²) in [4.78, 5) is 8.61. The summed E-state index contributed by atoms with van der Waals surface area (Å²) in [6.07, 6.45) is 1.59. The third-order valence-corrected chi connectivity index (χ3v) is 3.18. The maximum Gasteiger partial charge on any atom is 0.141 e. The molecule has 0 saturated heterocycles. The molecule has 3 aromatic rings. The molecule has 1 aromatic heterocycles. The Morgan fingerprint density at radius 1 is 0.947 bits per heavy atom. The van der Waals surface area contributed by atoms with Crippen molar-refractivity contribution in [2.75, 3.05) is 5.32 Å². The zero-order valence-corrected chi connectivity index (χ0v) is 11.0. The predicted molar refractivity (Wildman–Crippen MR) is 78.7 cm³/mol. The van der Waals surface area contributed by atoms with Crippen LogP contribution in [-0.2, 0) is 0 Å². The van der Waals surface area contributed by atoms with Gasteiger partial charge in [-0.05, 0) is 37.6 Å². The van der Waals surface area contributed by atoms with Gasteiger partial charge in [0.25, 0.3) is 0 Å². The molecule has 0 spiro atoms. The highest BCUT2D eigenvalue weighted by Crippen LogP contribution is 2.25. The van der Waals surface area contributed by atoms with E-state index in [-0.39, 0.29) is 0 Å². The highest BCUT2D eigenvalue weighted by atomic mass is 15.0. The number of rotatable bonds is 2. The summed E-state index contributed by atoms with van der Waals surface area (Å²) < 4.78 is 0. The van der Waals surface area contributed by atoms with E-state index in [1.165, 1.54) is 11.1 Å². The molecule has 0 unspecified atom stereocenters. The number of hydrogen-bond acceptors (Lipinski definition) is 3. The van der Waals surface area contributed by atoms with E-state index in [1.807, 2.05) is 24.3 Å². The summed E-state index contributed by atoms with van der Waals surface area (Å²) in [5.74, 6) is 0.845. The third kappa shape index (κ3) is 2.27. The largest absolute Gasteiger partial charge is 0.339 e. The molecule has 94 valence electrons. The molecule has 0 atom stereocenters. The Morgan fingerprint density at radius 2 is 1.79 bits per heavy atom. The van der Waals surface area contributed by atoms with Gasteiger partial charge in [-0.2, -0.15) is 0 Å². The molecule has 3 heteroatoms. The van der Waals surface area contributed by atoms with Crippen molar-refractivity contribution in [1.29, 1.82) is 0 Å². The van der Waals surface area contributed by atoms with Gasteiger partial charge in [-0.15, -0.1) is 0 Å². The molecule has 19 heavy (non-hydrogen) atoms. The number of para-hydroxylation sites is 1. The van der Waals surface area contributed by atoms with Gasteiger partial charge in [0.15, 0.2) is 0 Å². The Labute approximate surface area is 112 Å². The Morgan fingerprint density at radius 3 is 2.63 bits per heavy atom. The third-order valence-electron chi connectivity index (χ3n) is 3.18. The Balaban J connectivity index is 2.06. The first kappa shape index (κ1) is 11.7. The average Bonchev–Trinajstić information content (AvgIpc) is 2.42. The van der Waals surface area contributed by atoms with Crippen LogP contribution in [0, 0.1) is 13.8 Å². The van der Waals surface area contributed by atoms with Crippen molar-refractivity contribution >= 4 is 22.4 Å². The first-order chi connectivity index (χ1) is 9.24. The quantitative estimate of drug-likeness (QED) is 0.746. The van der Waals surface area contributed by atoms with Gasteiger partial charge in [0.2, 0.25) is 0 Å². The molecular formula is C16H15N3. The number of anilines is 2. The molecule has 0 aliphatic heterocycles. The normalized spacial score (nSPS) is 10.6. The monoisotopic (exact) mass is 249 g/mol. The highest BCUT2D eigenvalue weighted by Gasteiger charge is 2.04. The van der Waals surface area contributed by atoms with Gasteiger partial charge in [0, 0.05) is 11.1 Å². The number of nitrogens with zero attached hydrogens (tertiary/aromatic N) is 2. The Hall–Kier alpha value is -2.42.